The van der Waals surface area contributed by atoms with Gasteiger partial charge >= 0.3 is 0 Å². The molecule has 1 atom stereocenters. The Morgan fingerprint density at radius 1 is 0.943 bits per heavy atom. The molecule has 7 nitrogen and oxygen atoms in total. The van der Waals surface area contributed by atoms with E-state index in [9.17, 15) is 18.0 Å². The maximum absolute atomic E-state index is 13.7. The maximum Gasteiger partial charge on any atom is 0.257 e. The summed E-state index contributed by atoms with van der Waals surface area (Å²) in [5, 5.41) is 5.39. The smallest absolute Gasteiger partial charge is 0.257 e. The highest BCUT2D eigenvalue weighted by Gasteiger charge is 2.40. The monoisotopic (exact) mass is 535 g/mol. The van der Waals surface area contributed by atoms with Crippen molar-refractivity contribution in [2.75, 3.05) is 25.0 Å². The highest BCUT2D eigenvalue weighted by Crippen LogP contribution is 2.39. The van der Waals surface area contributed by atoms with Gasteiger partial charge in [-0.3, -0.25) is 9.59 Å². The van der Waals surface area contributed by atoms with Crippen molar-refractivity contribution < 1.29 is 18.0 Å². The zero-order chi connectivity index (χ0) is 24.4. The number of amides is 2. The lowest BCUT2D eigenvalue weighted by Crippen LogP contribution is -2.43. The first-order chi connectivity index (χ1) is 17.0. The number of hydrogen-bond donors (Lipinski definition) is 1. The largest absolute Gasteiger partial charge is 0.339 e. The van der Waals surface area contributed by atoms with E-state index in [0.717, 1.165) is 70.0 Å². The molecule has 0 saturated carbocycles. The summed E-state index contributed by atoms with van der Waals surface area (Å²) in [6.07, 6.45) is 10.6. The number of piperidine rings is 1. The third-order valence-corrected chi connectivity index (χ3v) is 11.8. The first-order valence-electron chi connectivity index (χ1n) is 12.8. The van der Waals surface area contributed by atoms with Crippen molar-refractivity contribution in [2.45, 2.75) is 80.9 Å². The summed E-state index contributed by atoms with van der Waals surface area (Å²) in [7, 11) is -3.72. The molecular formula is C25H33N3O4S3. The Balaban J connectivity index is 1.44. The Bertz CT molecular complexity index is 1170. The molecular weight excluding hydrogens is 502 g/mol. The minimum absolute atomic E-state index is 0.0209. The summed E-state index contributed by atoms with van der Waals surface area (Å²) in [4.78, 5) is 30.4. The van der Waals surface area contributed by atoms with E-state index < -0.39 is 16.1 Å². The molecule has 10 heteroatoms. The fourth-order valence-electron chi connectivity index (χ4n) is 5.50. The van der Waals surface area contributed by atoms with E-state index in [1.165, 1.54) is 38.3 Å². The number of sulfonamides is 1. The zero-order valence-electron chi connectivity index (χ0n) is 20.0. The fourth-order valence-corrected chi connectivity index (χ4v) is 9.56. The highest BCUT2D eigenvalue weighted by molar-refractivity contribution is 7.91. The average Bonchev–Trinajstić information content (AvgIpc) is 3.60. The molecule has 2 amide bonds. The fraction of sp³-hybridized carbons (Fsp3) is 0.600. The van der Waals surface area contributed by atoms with Gasteiger partial charge in [0, 0.05) is 24.5 Å². The van der Waals surface area contributed by atoms with Crippen LogP contribution in [0, 0.1) is 0 Å². The number of carbonyl (C=O) groups excluding carboxylic acids is 2. The number of aryl methyl sites for hydroxylation is 1. The van der Waals surface area contributed by atoms with Crippen molar-refractivity contribution in [2.24, 2.45) is 0 Å². The van der Waals surface area contributed by atoms with Gasteiger partial charge in [-0.25, -0.2) is 8.42 Å². The summed E-state index contributed by atoms with van der Waals surface area (Å²) in [5.74, 6) is -0.308. The number of nitrogens with one attached hydrogen (secondary N) is 1. The molecule has 0 bridgehead atoms. The van der Waals surface area contributed by atoms with Gasteiger partial charge in [-0.1, -0.05) is 18.9 Å². The van der Waals surface area contributed by atoms with Crippen LogP contribution in [-0.2, 0) is 27.7 Å². The second-order valence-corrected chi connectivity index (χ2v) is 13.8. The minimum Gasteiger partial charge on any atom is -0.339 e. The van der Waals surface area contributed by atoms with Crippen LogP contribution in [0.4, 0.5) is 5.00 Å². The predicted octanol–water partition coefficient (Wildman–Crippen LogP) is 4.89. The number of likely N-dealkylation sites (tertiary alicyclic amines) is 1. The van der Waals surface area contributed by atoms with Crippen LogP contribution < -0.4 is 5.32 Å². The van der Waals surface area contributed by atoms with E-state index in [1.54, 1.807) is 17.5 Å². The van der Waals surface area contributed by atoms with Gasteiger partial charge in [0.05, 0.1) is 5.56 Å². The normalized spacial score (nSPS) is 21.8. The number of carbonyl (C=O) groups is 2. The molecule has 0 radical (unpaired) electrons. The molecule has 1 N–H and O–H groups in total. The number of fused-ring (bicyclic) bond motifs is 1. The molecule has 4 heterocycles. The van der Waals surface area contributed by atoms with E-state index in [0.29, 0.717) is 30.0 Å². The number of hydrogen-bond acceptors (Lipinski definition) is 6. The van der Waals surface area contributed by atoms with E-state index in [1.807, 2.05) is 4.90 Å². The summed E-state index contributed by atoms with van der Waals surface area (Å²) in [6.45, 7) is 1.84. The number of anilines is 1. The van der Waals surface area contributed by atoms with Gasteiger partial charge < -0.3 is 10.2 Å². The SMILES string of the molecule is O=C(Nc1sc2c(c1C(=O)N1CCCCC1)CCCCCC2)C1CCCN1S(=O)(=O)c1cccs1. The van der Waals surface area contributed by atoms with Gasteiger partial charge in [0.1, 0.15) is 15.3 Å². The van der Waals surface area contributed by atoms with Gasteiger partial charge in [-0.05, 0) is 74.8 Å². The molecule has 1 unspecified atom stereocenters. The average molecular weight is 536 g/mol. The third kappa shape index (κ3) is 5.08. The third-order valence-electron chi connectivity index (χ3n) is 7.33. The standard InChI is InChI=1S/C25H33N3O4S3/c29-23(19-11-8-16-28(19)35(31,32)21-13-9-17-33-21)26-24-22(25(30)27-14-6-3-7-15-27)18-10-4-1-2-5-12-20(18)34-24/h9,13,17,19H,1-8,10-12,14-16H2,(H,26,29). The maximum atomic E-state index is 13.7. The highest BCUT2D eigenvalue weighted by atomic mass is 32.2. The van der Waals surface area contributed by atoms with Gasteiger partial charge in [0.25, 0.3) is 15.9 Å². The second kappa shape index (κ2) is 10.7. The van der Waals surface area contributed by atoms with Crippen molar-refractivity contribution in [3.05, 3.63) is 33.5 Å². The topological polar surface area (TPSA) is 86.8 Å². The van der Waals surface area contributed by atoms with Crippen molar-refractivity contribution in [3.63, 3.8) is 0 Å². The summed E-state index contributed by atoms with van der Waals surface area (Å²) in [6, 6.07) is 2.54. The van der Waals surface area contributed by atoms with Crippen molar-refractivity contribution in [1.82, 2.24) is 9.21 Å². The number of nitrogens with zero attached hydrogens (tertiary/aromatic N) is 2. The Kier molecular flexibility index (Phi) is 7.62. The minimum atomic E-state index is -3.72. The van der Waals surface area contributed by atoms with Gasteiger partial charge in [0.15, 0.2) is 0 Å². The molecule has 2 saturated heterocycles. The summed E-state index contributed by atoms with van der Waals surface area (Å²) >= 11 is 2.69. The second-order valence-electron chi connectivity index (χ2n) is 9.67. The first-order valence-corrected chi connectivity index (χ1v) is 15.9. The number of thiophene rings is 2. The molecule has 2 fully saturated rings. The van der Waals surface area contributed by atoms with E-state index in [-0.39, 0.29) is 16.0 Å². The van der Waals surface area contributed by atoms with Crippen LogP contribution in [0.1, 0.15) is 78.6 Å². The van der Waals surface area contributed by atoms with Gasteiger partial charge in [0.2, 0.25) is 5.91 Å². The molecule has 2 aliphatic heterocycles. The van der Waals surface area contributed by atoms with Gasteiger partial charge in [-0.15, -0.1) is 22.7 Å². The number of rotatable bonds is 5. The molecule has 5 rings (SSSR count). The Morgan fingerprint density at radius 2 is 1.69 bits per heavy atom. The molecule has 0 aromatic carbocycles. The lowest BCUT2D eigenvalue weighted by Gasteiger charge is -2.28. The molecule has 190 valence electrons. The van der Waals surface area contributed by atoms with Crippen molar-refractivity contribution >= 4 is 49.5 Å². The van der Waals surface area contributed by atoms with Crippen LogP contribution in [-0.4, -0.2) is 55.1 Å². The molecule has 3 aliphatic rings. The van der Waals surface area contributed by atoms with Crippen LogP contribution in [0.5, 0.6) is 0 Å². The van der Waals surface area contributed by atoms with E-state index in [4.69, 9.17) is 0 Å². The lowest BCUT2D eigenvalue weighted by molar-refractivity contribution is -0.119. The van der Waals surface area contributed by atoms with Crippen molar-refractivity contribution in [3.8, 4) is 0 Å². The Hall–Kier alpha value is -1.75. The van der Waals surface area contributed by atoms with Crippen LogP contribution in [0.2, 0.25) is 0 Å². The van der Waals surface area contributed by atoms with Gasteiger partial charge in [-0.2, -0.15) is 4.31 Å². The van der Waals surface area contributed by atoms with E-state index >= 15 is 0 Å². The van der Waals surface area contributed by atoms with Crippen LogP contribution in [0.3, 0.4) is 0 Å². The van der Waals surface area contributed by atoms with Crippen LogP contribution >= 0.6 is 22.7 Å². The summed E-state index contributed by atoms with van der Waals surface area (Å²) in [5.41, 5.74) is 1.77. The van der Waals surface area contributed by atoms with Crippen LogP contribution in [0.25, 0.3) is 0 Å². The van der Waals surface area contributed by atoms with E-state index in [2.05, 4.69) is 5.32 Å². The summed E-state index contributed by atoms with van der Waals surface area (Å²) < 4.78 is 28.0. The molecule has 0 spiro atoms. The zero-order valence-corrected chi connectivity index (χ0v) is 22.4. The molecule has 1 aliphatic carbocycles. The predicted molar refractivity (Wildman–Crippen MR) is 140 cm³/mol. The van der Waals surface area contributed by atoms with Crippen molar-refractivity contribution in [1.29, 1.82) is 0 Å². The van der Waals surface area contributed by atoms with Crippen LogP contribution in [0.15, 0.2) is 21.7 Å². The Labute approximate surface area is 215 Å². The molecule has 35 heavy (non-hydrogen) atoms. The Morgan fingerprint density at radius 3 is 2.43 bits per heavy atom. The quantitative estimate of drug-likeness (QED) is 0.591. The first kappa shape index (κ1) is 24.9. The molecule has 2 aromatic heterocycles. The molecule has 2 aromatic rings. The lowest BCUT2D eigenvalue weighted by atomic mass is 9.95.